The van der Waals surface area contributed by atoms with Gasteiger partial charge in [0, 0.05) is 0 Å². The maximum absolute atomic E-state index is 13.9. The lowest BCUT2D eigenvalue weighted by molar-refractivity contribution is 0.629. The summed E-state index contributed by atoms with van der Waals surface area (Å²) < 4.78 is 13.9. The fourth-order valence-corrected chi connectivity index (χ4v) is 2.06. The van der Waals surface area contributed by atoms with E-state index in [9.17, 15) is 4.39 Å². The van der Waals surface area contributed by atoms with Gasteiger partial charge < -0.3 is 4.98 Å². The second kappa shape index (κ2) is 4.21. The summed E-state index contributed by atoms with van der Waals surface area (Å²) in [6, 6.07) is 12.4. The number of H-pyrrole nitrogens is 1. The Kier molecular flexibility index (Phi) is 2.53. The summed E-state index contributed by atoms with van der Waals surface area (Å²) in [5.74, 6) is 0.118. The topological polar surface area (TPSA) is 52.5 Å². The van der Waals surface area contributed by atoms with Crippen molar-refractivity contribution < 1.29 is 4.39 Å². The minimum absolute atomic E-state index is 0.322. The average Bonchev–Trinajstić information content (AvgIpc) is 2.81. The Balaban J connectivity index is 2.24. The van der Waals surface area contributed by atoms with Gasteiger partial charge in [-0.15, -0.1) is 0 Å². The van der Waals surface area contributed by atoms with E-state index in [1.54, 1.807) is 18.2 Å². The van der Waals surface area contributed by atoms with E-state index < -0.39 is 0 Å². The van der Waals surface area contributed by atoms with Crippen LogP contribution in [0.4, 0.5) is 4.39 Å². The second-order valence-corrected chi connectivity index (χ2v) is 4.38. The maximum atomic E-state index is 13.9. The van der Waals surface area contributed by atoms with Gasteiger partial charge in [-0.05, 0) is 36.8 Å². The molecular weight excluding hydrogens is 241 g/mol. The lowest BCUT2D eigenvalue weighted by Gasteiger charge is -2.00. The van der Waals surface area contributed by atoms with E-state index in [1.165, 1.54) is 6.07 Å². The highest BCUT2D eigenvalue weighted by Gasteiger charge is 2.12. The summed E-state index contributed by atoms with van der Waals surface area (Å²) in [6.45, 7) is 1.83. The molecule has 1 aromatic heterocycles. The van der Waals surface area contributed by atoms with Gasteiger partial charge in [0.2, 0.25) is 0 Å². The molecule has 0 saturated carbocycles. The van der Waals surface area contributed by atoms with Crippen molar-refractivity contribution in [2.75, 3.05) is 0 Å². The van der Waals surface area contributed by atoms with Gasteiger partial charge in [-0.2, -0.15) is 5.26 Å². The van der Waals surface area contributed by atoms with E-state index in [1.807, 2.05) is 19.1 Å². The molecule has 0 bridgehead atoms. The van der Waals surface area contributed by atoms with Crippen molar-refractivity contribution >= 4 is 11.0 Å². The number of hydrogen-bond donors (Lipinski definition) is 1. The fraction of sp³-hybridized carbons (Fsp3) is 0.0667. The Bertz CT molecular complexity index is 812. The lowest BCUT2D eigenvalue weighted by atomic mass is 10.1. The van der Waals surface area contributed by atoms with Crippen molar-refractivity contribution in [2.45, 2.75) is 6.92 Å². The molecule has 3 nitrogen and oxygen atoms in total. The van der Waals surface area contributed by atoms with Gasteiger partial charge in [-0.1, -0.05) is 12.1 Å². The molecule has 3 rings (SSSR count). The first-order chi connectivity index (χ1) is 9.19. The minimum Gasteiger partial charge on any atom is -0.338 e. The van der Waals surface area contributed by atoms with Crippen LogP contribution in [0.3, 0.4) is 0 Å². The molecule has 4 heteroatoms. The summed E-state index contributed by atoms with van der Waals surface area (Å²) in [7, 11) is 0. The van der Waals surface area contributed by atoms with Crippen LogP contribution in [0.25, 0.3) is 22.4 Å². The zero-order valence-corrected chi connectivity index (χ0v) is 10.2. The molecule has 92 valence electrons. The van der Waals surface area contributed by atoms with E-state index in [0.29, 0.717) is 22.5 Å². The Labute approximate surface area is 109 Å². The number of nitrogens with one attached hydrogen (secondary N) is 1. The first-order valence-electron chi connectivity index (χ1n) is 5.84. The normalized spacial score (nSPS) is 10.6. The van der Waals surface area contributed by atoms with Crippen molar-refractivity contribution in [3.05, 3.63) is 53.3 Å². The summed E-state index contributed by atoms with van der Waals surface area (Å²) in [4.78, 5) is 7.37. The van der Waals surface area contributed by atoms with E-state index in [4.69, 9.17) is 5.26 Å². The summed E-state index contributed by atoms with van der Waals surface area (Å²) in [5, 5.41) is 9.03. The number of aromatic amines is 1. The fourth-order valence-electron chi connectivity index (χ4n) is 2.06. The van der Waals surface area contributed by atoms with E-state index in [0.717, 1.165) is 11.1 Å². The molecular formula is C15H10FN3. The van der Waals surface area contributed by atoms with Crippen LogP contribution in [0.1, 0.15) is 11.1 Å². The molecule has 0 amide bonds. The van der Waals surface area contributed by atoms with Crippen molar-refractivity contribution in [3.63, 3.8) is 0 Å². The maximum Gasteiger partial charge on any atom is 0.141 e. The summed E-state index contributed by atoms with van der Waals surface area (Å²) in [6.07, 6.45) is 0. The van der Waals surface area contributed by atoms with Crippen LogP contribution in [0.2, 0.25) is 0 Å². The number of para-hydroxylation sites is 1. The van der Waals surface area contributed by atoms with E-state index >= 15 is 0 Å². The van der Waals surface area contributed by atoms with Crippen molar-refractivity contribution in [2.24, 2.45) is 0 Å². The largest absolute Gasteiger partial charge is 0.338 e. The number of aryl methyl sites for hydroxylation is 1. The number of nitrogens with zero attached hydrogens (tertiary/aromatic N) is 2. The van der Waals surface area contributed by atoms with Gasteiger partial charge in [-0.25, -0.2) is 9.37 Å². The molecule has 0 spiro atoms. The van der Waals surface area contributed by atoms with Gasteiger partial charge in [0.15, 0.2) is 0 Å². The number of benzene rings is 2. The molecule has 1 heterocycles. The molecule has 0 atom stereocenters. The van der Waals surface area contributed by atoms with Crippen LogP contribution in [-0.2, 0) is 0 Å². The Hall–Kier alpha value is -2.67. The first-order valence-corrected chi connectivity index (χ1v) is 5.84. The summed E-state index contributed by atoms with van der Waals surface area (Å²) in [5.41, 5.74) is 3.04. The van der Waals surface area contributed by atoms with Crippen LogP contribution in [0.15, 0.2) is 36.4 Å². The summed E-state index contributed by atoms with van der Waals surface area (Å²) >= 11 is 0. The molecule has 2 aromatic carbocycles. The van der Waals surface area contributed by atoms with Gasteiger partial charge >= 0.3 is 0 Å². The highest BCUT2D eigenvalue weighted by atomic mass is 19.1. The van der Waals surface area contributed by atoms with Crippen molar-refractivity contribution in [1.29, 1.82) is 5.26 Å². The monoisotopic (exact) mass is 251 g/mol. The highest BCUT2D eigenvalue weighted by molar-refractivity contribution is 5.84. The third kappa shape index (κ3) is 1.85. The Morgan fingerprint density at radius 3 is 2.84 bits per heavy atom. The van der Waals surface area contributed by atoms with Gasteiger partial charge in [-0.3, -0.25) is 0 Å². The number of aromatic nitrogens is 2. The predicted molar refractivity (Wildman–Crippen MR) is 70.9 cm³/mol. The van der Waals surface area contributed by atoms with Crippen LogP contribution >= 0.6 is 0 Å². The predicted octanol–water partition coefficient (Wildman–Crippen LogP) is 3.55. The van der Waals surface area contributed by atoms with Crippen molar-refractivity contribution in [1.82, 2.24) is 9.97 Å². The molecule has 0 unspecified atom stereocenters. The molecule has 0 fully saturated rings. The average molecular weight is 251 g/mol. The van der Waals surface area contributed by atoms with E-state index in [2.05, 4.69) is 16.0 Å². The smallest absolute Gasteiger partial charge is 0.141 e. The van der Waals surface area contributed by atoms with Gasteiger partial charge in [0.05, 0.1) is 16.6 Å². The first kappa shape index (κ1) is 11.4. The van der Waals surface area contributed by atoms with E-state index in [-0.39, 0.29) is 5.82 Å². The zero-order valence-electron chi connectivity index (χ0n) is 10.2. The van der Waals surface area contributed by atoms with Gasteiger partial charge in [0.1, 0.15) is 23.2 Å². The molecule has 0 aliphatic heterocycles. The van der Waals surface area contributed by atoms with Crippen LogP contribution in [0, 0.1) is 24.1 Å². The third-order valence-corrected chi connectivity index (χ3v) is 3.01. The van der Waals surface area contributed by atoms with Crippen LogP contribution in [0.5, 0.6) is 0 Å². The molecule has 0 aliphatic rings. The molecule has 0 radical (unpaired) electrons. The lowest BCUT2D eigenvalue weighted by Crippen LogP contribution is -1.87. The molecule has 3 aromatic rings. The number of imidazole rings is 1. The number of rotatable bonds is 1. The number of hydrogen-bond acceptors (Lipinski definition) is 2. The molecule has 0 saturated heterocycles. The third-order valence-electron chi connectivity index (χ3n) is 3.01. The number of fused-ring (bicyclic) bond motifs is 1. The van der Waals surface area contributed by atoms with Gasteiger partial charge in [0.25, 0.3) is 0 Å². The highest BCUT2D eigenvalue weighted by Crippen LogP contribution is 2.25. The zero-order chi connectivity index (χ0) is 13.4. The number of halogens is 1. The van der Waals surface area contributed by atoms with Crippen molar-refractivity contribution in [3.8, 4) is 17.5 Å². The van der Waals surface area contributed by atoms with Crippen LogP contribution in [-0.4, -0.2) is 9.97 Å². The molecule has 0 aliphatic carbocycles. The number of nitriles is 1. The standard InChI is InChI=1S/C15H10FN3/c1-9-5-6-11(12(16)7-9)15-18-13-4-2-3-10(8-17)14(13)19-15/h2-7H,1H3,(H,18,19). The van der Waals surface area contributed by atoms with Crippen LogP contribution < -0.4 is 0 Å². The minimum atomic E-state index is -0.322. The second-order valence-electron chi connectivity index (χ2n) is 4.38. The SMILES string of the molecule is Cc1ccc(-c2nc3c(C#N)cccc3[nH]2)c(F)c1. The Morgan fingerprint density at radius 2 is 2.11 bits per heavy atom. The molecule has 1 N–H and O–H groups in total. The molecule has 19 heavy (non-hydrogen) atoms. The quantitative estimate of drug-likeness (QED) is 0.719. The Morgan fingerprint density at radius 1 is 1.26 bits per heavy atom.